The summed E-state index contributed by atoms with van der Waals surface area (Å²) >= 11 is 0. The van der Waals surface area contributed by atoms with Crippen LogP contribution in [0.4, 0.5) is 0 Å². The molecule has 7 nitrogen and oxygen atoms in total. The third kappa shape index (κ3) is 8.75. The summed E-state index contributed by atoms with van der Waals surface area (Å²) in [5.41, 5.74) is -1.97. The Balaban J connectivity index is 1.50. The van der Waals surface area contributed by atoms with Gasteiger partial charge in [-0.2, -0.15) is 0 Å². The molecule has 5 aromatic rings. The maximum atomic E-state index is 14.4. The highest BCUT2D eigenvalue weighted by Gasteiger charge is 2.73. The van der Waals surface area contributed by atoms with Crippen LogP contribution in [0.5, 0.6) is 11.5 Å². The van der Waals surface area contributed by atoms with Crippen LogP contribution in [0.2, 0.25) is 0 Å². The summed E-state index contributed by atoms with van der Waals surface area (Å²) in [6.07, 6.45) is -0.372. The van der Waals surface area contributed by atoms with Crippen molar-refractivity contribution in [1.29, 1.82) is 0 Å². The van der Waals surface area contributed by atoms with Gasteiger partial charge in [0.15, 0.2) is 0 Å². The van der Waals surface area contributed by atoms with E-state index in [1.807, 2.05) is 42.5 Å². The lowest BCUT2D eigenvalue weighted by Crippen LogP contribution is -2.69. The Labute approximate surface area is 349 Å². The van der Waals surface area contributed by atoms with E-state index in [-0.39, 0.29) is 18.9 Å². The maximum Gasteiger partial charge on any atom is 0.240 e. The van der Waals surface area contributed by atoms with Crippen LogP contribution in [0.1, 0.15) is 59.9 Å². The highest BCUT2D eigenvalue weighted by molar-refractivity contribution is 6.80. The van der Waals surface area contributed by atoms with Gasteiger partial charge in [-0.25, -0.2) is 0 Å². The first-order valence-corrected chi connectivity index (χ1v) is 23.6. The summed E-state index contributed by atoms with van der Waals surface area (Å²) < 4.78 is 26.7. The van der Waals surface area contributed by atoms with E-state index in [2.05, 4.69) is 144 Å². The third-order valence-electron chi connectivity index (χ3n) is 12.4. The number of nitrogens with one attached hydrogen (secondary N) is 1. The highest BCUT2D eigenvalue weighted by atomic mass is 28.3. The molecule has 1 fully saturated rings. The lowest BCUT2D eigenvalue weighted by atomic mass is 9.51. The fourth-order valence-corrected chi connectivity index (χ4v) is 14.8. The van der Waals surface area contributed by atoms with Crippen molar-refractivity contribution in [3.05, 3.63) is 145 Å². The molecule has 306 valence electrons. The van der Waals surface area contributed by atoms with Gasteiger partial charge in [0.2, 0.25) is 24.0 Å². The van der Waals surface area contributed by atoms with Gasteiger partial charge in [0.05, 0.1) is 25.9 Å². The zero-order chi connectivity index (χ0) is 41.6. The minimum Gasteiger partial charge on any atom is -0.497 e. The average molecular weight is 816 g/mol. The van der Waals surface area contributed by atoms with E-state index < -0.39 is 51.9 Å². The molecule has 5 aromatic carbocycles. The van der Waals surface area contributed by atoms with E-state index in [9.17, 15) is 9.90 Å². The topological polar surface area (TPSA) is 86.3 Å². The molecule has 0 radical (unpaired) electrons. The van der Waals surface area contributed by atoms with E-state index in [4.69, 9.17) is 18.3 Å². The van der Waals surface area contributed by atoms with E-state index >= 15 is 0 Å². The first-order valence-electron chi connectivity index (χ1n) is 20.4. The number of hydrogen-bond acceptors (Lipinski definition) is 6. The van der Waals surface area contributed by atoms with Crippen molar-refractivity contribution < 1.29 is 28.2 Å². The molecular weight excluding hydrogens is 755 g/mol. The van der Waals surface area contributed by atoms with Crippen molar-refractivity contribution in [1.82, 2.24) is 5.32 Å². The molecule has 9 heteroatoms. The summed E-state index contributed by atoms with van der Waals surface area (Å²) in [6.45, 7) is 14.1. The standard InChI is InChI=1S/C49H61NO6Si2/c1-46(2,3)48(35-55-57(38-21-13-9-14-22-38)39-23-15-10-16-24-39)33-43(51)42(32-45(52)50-34-36-29-30-37(53-7)31-44(36)54-8)49(48,47(4,5)6)56-58(40-25-17-11-18-26-40)41-27-19-12-20-28-41/h9-31,42-43,51,57-58H,32-35H2,1-8H3,(H,50,52). The van der Waals surface area contributed by atoms with Crippen LogP contribution in [0.15, 0.2) is 140 Å². The summed E-state index contributed by atoms with van der Waals surface area (Å²) in [5.74, 6) is 0.577. The van der Waals surface area contributed by atoms with Crippen molar-refractivity contribution in [2.24, 2.45) is 22.2 Å². The van der Waals surface area contributed by atoms with Crippen LogP contribution < -0.4 is 35.5 Å². The van der Waals surface area contributed by atoms with Crippen LogP contribution in [0, 0.1) is 22.2 Å². The van der Waals surface area contributed by atoms with Gasteiger partial charge in [0.1, 0.15) is 11.5 Å². The molecule has 0 spiro atoms. The highest BCUT2D eigenvalue weighted by Crippen LogP contribution is 2.67. The van der Waals surface area contributed by atoms with E-state index in [0.717, 1.165) is 15.9 Å². The monoisotopic (exact) mass is 815 g/mol. The van der Waals surface area contributed by atoms with Gasteiger partial charge in [0, 0.05) is 42.5 Å². The average Bonchev–Trinajstić information content (AvgIpc) is 3.48. The molecular formula is C49H61NO6Si2. The molecule has 0 aromatic heterocycles. The maximum absolute atomic E-state index is 14.4. The van der Waals surface area contributed by atoms with Gasteiger partial charge < -0.3 is 28.7 Å². The van der Waals surface area contributed by atoms with Crippen molar-refractivity contribution in [2.45, 2.75) is 72.6 Å². The molecule has 1 saturated carbocycles. The second-order valence-electron chi connectivity index (χ2n) is 17.7. The molecule has 0 bridgehead atoms. The van der Waals surface area contributed by atoms with Crippen LogP contribution in [-0.2, 0) is 20.2 Å². The predicted octanol–water partition coefficient (Wildman–Crippen LogP) is 6.02. The minimum atomic E-state index is -2.50. The number of methoxy groups -OCH3 is 2. The molecule has 6 rings (SSSR count). The number of aliphatic hydroxyl groups excluding tert-OH is 1. The number of carbonyl (C=O) groups is 1. The minimum absolute atomic E-state index is 0.0671. The van der Waals surface area contributed by atoms with Crippen LogP contribution in [-0.4, -0.2) is 61.6 Å². The molecule has 58 heavy (non-hydrogen) atoms. The number of aliphatic hydroxyl groups is 1. The SMILES string of the molecule is COc1ccc(CNC(=O)CC2C(O)CC(CO[SiH](c3ccccc3)c3ccccc3)(C(C)(C)C)C2(O[SiH](c2ccccc2)c2ccccc2)C(C)(C)C)c(OC)c1. The summed E-state index contributed by atoms with van der Waals surface area (Å²) in [6, 6.07) is 47.7. The number of hydrogen-bond donors (Lipinski definition) is 2. The zero-order valence-corrected chi connectivity index (χ0v) is 37.7. The molecule has 4 atom stereocenters. The first-order chi connectivity index (χ1) is 27.7. The largest absolute Gasteiger partial charge is 0.497 e. The van der Waals surface area contributed by atoms with Gasteiger partial charge in [-0.15, -0.1) is 0 Å². The lowest BCUT2D eigenvalue weighted by molar-refractivity contribution is -0.199. The Morgan fingerprint density at radius 1 is 0.690 bits per heavy atom. The quantitative estimate of drug-likeness (QED) is 0.126. The molecule has 4 unspecified atom stereocenters. The van der Waals surface area contributed by atoms with Crippen LogP contribution in [0.25, 0.3) is 0 Å². The molecule has 0 aliphatic heterocycles. The molecule has 2 N–H and O–H groups in total. The Morgan fingerprint density at radius 2 is 1.17 bits per heavy atom. The van der Waals surface area contributed by atoms with Crippen LogP contribution in [0.3, 0.4) is 0 Å². The van der Waals surface area contributed by atoms with E-state index in [1.165, 1.54) is 10.4 Å². The van der Waals surface area contributed by atoms with Gasteiger partial charge in [-0.3, -0.25) is 4.79 Å². The van der Waals surface area contributed by atoms with E-state index in [0.29, 0.717) is 24.5 Å². The second kappa shape index (κ2) is 18.2. The smallest absolute Gasteiger partial charge is 0.240 e. The molecule has 1 aliphatic carbocycles. The van der Waals surface area contributed by atoms with Crippen molar-refractivity contribution in [3.63, 3.8) is 0 Å². The second-order valence-corrected chi connectivity index (χ2v) is 22.4. The van der Waals surface area contributed by atoms with Crippen LogP contribution >= 0.6 is 0 Å². The zero-order valence-electron chi connectivity index (χ0n) is 35.4. The van der Waals surface area contributed by atoms with Gasteiger partial charge in [0.25, 0.3) is 0 Å². The van der Waals surface area contributed by atoms with Gasteiger partial charge in [-0.1, -0.05) is 163 Å². The lowest BCUT2D eigenvalue weighted by Gasteiger charge is -2.62. The number of rotatable bonds is 15. The number of ether oxygens (including phenoxy) is 2. The third-order valence-corrected chi connectivity index (χ3v) is 17.5. The predicted molar refractivity (Wildman–Crippen MR) is 240 cm³/mol. The van der Waals surface area contributed by atoms with Crippen molar-refractivity contribution in [2.75, 3.05) is 20.8 Å². The summed E-state index contributed by atoms with van der Waals surface area (Å²) in [4.78, 5) is 14.4. The Kier molecular flexibility index (Phi) is 13.5. The van der Waals surface area contributed by atoms with Gasteiger partial charge >= 0.3 is 0 Å². The van der Waals surface area contributed by atoms with Crippen molar-refractivity contribution in [3.8, 4) is 11.5 Å². The van der Waals surface area contributed by atoms with Gasteiger partial charge in [-0.05, 0) is 50.1 Å². The molecule has 0 heterocycles. The first kappa shape index (κ1) is 43.1. The molecule has 0 saturated heterocycles. The molecule has 1 amide bonds. The normalized spacial score (nSPS) is 20.9. The van der Waals surface area contributed by atoms with Crippen molar-refractivity contribution >= 4 is 44.7 Å². The number of carbonyl (C=O) groups excluding carboxylic acids is 1. The Hall–Kier alpha value is -4.52. The molecule has 1 aliphatic rings. The fraction of sp³-hybridized carbons (Fsp3) is 0.367. The fourth-order valence-electron chi connectivity index (χ4n) is 9.55. The van der Waals surface area contributed by atoms with E-state index in [1.54, 1.807) is 14.2 Å². The summed E-state index contributed by atoms with van der Waals surface area (Å²) in [5, 5.41) is 20.5. The number of benzene rings is 5. The summed E-state index contributed by atoms with van der Waals surface area (Å²) in [7, 11) is -1.52. The Bertz CT molecular complexity index is 1990. The number of amides is 1. The Morgan fingerprint density at radius 3 is 1.60 bits per heavy atom.